The molecule has 0 radical (unpaired) electrons. The molecule has 0 aromatic heterocycles. The van der Waals surface area contributed by atoms with Crippen molar-refractivity contribution in [1.29, 1.82) is 0 Å². The summed E-state index contributed by atoms with van der Waals surface area (Å²) in [6.07, 6.45) is 5.52. The average molecular weight is 215 g/mol. The van der Waals surface area contributed by atoms with Gasteiger partial charge in [-0.25, -0.2) is 0 Å². The second kappa shape index (κ2) is 3.62. The third-order valence-electron chi connectivity index (χ3n) is 3.88. The van der Waals surface area contributed by atoms with Crippen molar-refractivity contribution < 1.29 is 4.79 Å². The van der Waals surface area contributed by atoms with Gasteiger partial charge in [0.05, 0.1) is 5.41 Å². The number of nitrogens with one attached hydrogen (secondary N) is 1. The molecule has 0 saturated heterocycles. The smallest absolute Gasteiger partial charge is 0.230 e. The maximum atomic E-state index is 12.3. The van der Waals surface area contributed by atoms with Gasteiger partial charge in [0.2, 0.25) is 5.91 Å². The van der Waals surface area contributed by atoms with Gasteiger partial charge >= 0.3 is 0 Å². The molecule has 2 fully saturated rings. The minimum absolute atomic E-state index is 0.205. The molecule has 16 heavy (non-hydrogen) atoms. The van der Waals surface area contributed by atoms with E-state index in [1.54, 1.807) is 0 Å². The first-order valence-corrected chi connectivity index (χ1v) is 6.18. The Morgan fingerprint density at radius 1 is 1.19 bits per heavy atom. The standard InChI is InChI=1S/C14H17NO/c16-13(15-12-7-8-12)14(9-4-10-14)11-5-2-1-3-6-11/h1-3,5-6,12H,4,7-10H2,(H,15,16). The lowest BCUT2D eigenvalue weighted by Gasteiger charge is -2.40. The van der Waals surface area contributed by atoms with Crippen LogP contribution in [-0.2, 0) is 10.2 Å². The van der Waals surface area contributed by atoms with Gasteiger partial charge in [0, 0.05) is 6.04 Å². The van der Waals surface area contributed by atoms with Gasteiger partial charge in [-0.1, -0.05) is 36.8 Å². The molecule has 2 aliphatic carbocycles. The Morgan fingerprint density at radius 3 is 2.38 bits per heavy atom. The van der Waals surface area contributed by atoms with E-state index in [4.69, 9.17) is 0 Å². The van der Waals surface area contributed by atoms with Gasteiger partial charge in [0.25, 0.3) is 0 Å². The molecule has 1 amide bonds. The van der Waals surface area contributed by atoms with E-state index in [9.17, 15) is 4.79 Å². The molecule has 1 aromatic rings. The van der Waals surface area contributed by atoms with E-state index in [0.29, 0.717) is 6.04 Å². The van der Waals surface area contributed by atoms with Crippen LogP contribution in [0.3, 0.4) is 0 Å². The van der Waals surface area contributed by atoms with Crippen LogP contribution in [0.15, 0.2) is 30.3 Å². The lowest BCUT2D eigenvalue weighted by Crippen LogP contribution is -2.49. The van der Waals surface area contributed by atoms with Crippen molar-refractivity contribution in [3.8, 4) is 0 Å². The van der Waals surface area contributed by atoms with E-state index in [-0.39, 0.29) is 11.3 Å². The highest BCUT2D eigenvalue weighted by Crippen LogP contribution is 2.44. The summed E-state index contributed by atoms with van der Waals surface area (Å²) in [6, 6.07) is 10.7. The van der Waals surface area contributed by atoms with Crippen molar-refractivity contribution >= 4 is 5.91 Å². The first kappa shape index (κ1) is 9.88. The third kappa shape index (κ3) is 1.53. The molecule has 3 rings (SSSR count). The van der Waals surface area contributed by atoms with E-state index in [1.165, 1.54) is 12.0 Å². The molecule has 1 aromatic carbocycles. The van der Waals surface area contributed by atoms with Crippen LogP contribution in [0.1, 0.15) is 37.7 Å². The summed E-state index contributed by atoms with van der Waals surface area (Å²) in [5, 5.41) is 3.16. The molecule has 2 aliphatic rings. The first-order valence-electron chi connectivity index (χ1n) is 6.18. The summed E-state index contributed by atoms with van der Waals surface area (Å²) in [4.78, 5) is 12.3. The lowest BCUT2D eigenvalue weighted by molar-refractivity contribution is -0.130. The molecule has 2 nitrogen and oxygen atoms in total. The zero-order valence-corrected chi connectivity index (χ0v) is 9.41. The molecule has 0 bridgehead atoms. The number of carbonyl (C=O) groups is 1. The van der Waals surface area contributed by atoms with Crippen molar-refractivity contribution in [1.82, 2.24) is 5.32 Å². The fourth-order valence-electron chi connectivity index (χ4n) is 2.49. The molecule has 84 valence electrons. The summed E-state index contributed by atoms with van der Waals surface area (Å²) in [6.45, 7) is 0. The second-order valence-corrected chi connectivity index (χ2v) is 5.05. The summed E-state index contributed by atoms with van der Waals surface area (Å²) in [5.41, 5.74) is 0.989. The van der Waals surface area contributed by atoms with Crippen LogP contribution in [0.5, 0.6) is 0 Å². The van der Waals surface area contributed by atoms with E-state index in [2.05, 4.69) is 17.4 Å². The Balaban J connectivity index is 1.84. The van der Waals surface area contributed by atoms with Crippen molar-refractivity contribution in [2.75, 3.05) is 0 Å². The number of hydrogen-bond donors (Lipinski definition) is 1. The highest BCUT2D eigenvalue weighted by molar-refractivity contribution is 5.89. The lowest BCUT2D eigenvalue weighted by atomic mass is 9.64. The maximum Gasteiger partial charge on any atom is 0.230 e. The molecule has 1 N–H and O–H groups in total. The SMILES string of the molecule is O=C(NC1CC1)C1(c2ccccc2)CCC1. The maximum absolute atomic E-state index is 12.3. The van der Waals surface area contributed by atoms with Crippen LogP contribution in [0.25, 0.3) is 0 Å². The fourth-order valence-corrected chi connectivity index (χ4v) is 2.49. The Kier molecular flexibility index (Phi) is 2.23. The van der Waals surface area contributed by atoms with Gasteiger partial charge in [-0.3, -0.25) is 4.79 Å². The Morgan fingerprint density at radius 2 is 1.88 bits per heavy atom. The minimum Gasteiger partial charge on any atom is -0.353 e. The zero-order chi connectivity index (χ0) is 11.0. The molecule has 2 heteroatoms. The van der Waals surface area contributed by atoms with Crippen LogP contribution in [0.2, 0.25) is 0 Å². The molecule has 0 unspecified atom stereocenters. The van der Waals surface area contributed by atoms with Crippen LogP contribution < -0.4 is 5.32 Å². The van der Waals surface area contributed by atoms with Crippen molar-refractivity contribution in [3.63, 3.8) is 0 Å². The number of amides is 1. The summed E-state index contributed by atoms with van der Waals surface area (Å²) >= 11 is 0. The van der Waals surface area contributed by atoms with Crippen LogP contribution >= 0.6 is 0 Å². The highest BCUT2D eigenvalue weighted by atomic mass is 16.2. The fraction of sp³-hybridized carbons (Fsp3) is 0.500. The average Bonchev–Trinajstić information content (AvgIpc) is 3.01. The number of carbonyl (C=O) groups excluding carboxylic acids is 1. The summed E-state index contributed by atoms with van der Waals surface area (Å²) in [5.74, 6) is 0.257. The van der Waals surface area contributed by atoms with Gasteiger partial charge in [0.15, 0.2) is 0 Å². The summed E-state index contributed by atoms with van der Waals surface area (Å²) in [7, 11) is 0. The number of benzene rings is 1. The first-order chi connectivity index (χ1) is 7.81. The molecule has 0 heterocycles. The second-order valence-electron chi connectivity index (χ2n) is 5.05. The molecule has 0 atom stereocenters. The largest absolute Gasteiger partial charge is 0.353 e. The van der Waals surface area contributed by atoms with E-state index in [0.717, 1.165) is 25.7 Å². The van der Waals surface area contributed by atoms with Gasteiger partial charge in [-0.2, -0.15) is 0 Å². The quantitative estimate of drug-likeness (QED) is 0.824. The van der Waals surface area contributed by atoms with Gasteiger partial charge in [-0.05, 0) is 31.2 Å². The normalized spacial score (nSPS) is 22.2. The van der Waals surface area contributed by atoms with E-state index in [1.807, 2.05) is 18.2 Å². The van der Waals surface area contributed by atoms with E-state index >= 15 is 0 Å². The number of hydrogen-bond acceptors (Lipinski definition) is 1. The molecule has 0 spiro atoms. The highest BCUT2D eigenvalue weighted by Gasteiger charge is 2.46. The van der Waals surface area contributed by atoms with Crippen LogP contribution in [0, 0.1) is 0 Å². The molecular weight excluding hydrogens is 198 g/mol. The van der Waals surface area contributed by atoms with Crippen molar-refractivity contribution in [3.05, 3.63) is 35.9 Å². The zero-order valence-electron chi connectivity index (χ0n) is 9.41. The minimum atomic E-state index is -0.205. The van der Waals surface area contributed by atoms with Crippen molar-refractivity contribution in [2.45, 2.75) is 43.6 Å². The molecular formula is C14H17NO. The van der Waals surface area contributed by atoms with Gasteiger partial charge in [-0.15, -0.1) is 0 Å². The predicted octanol–water partition coefficient (Wildman–Crippen LogP) is 2.39. The Bertz CT molecular complexity index is 390. The Hall–Kier alpha value is -1.31. The predicted molar refractivity (Wildman–Crippen MR) is 63.1 cm³/mol. The van der Waals surface area contributed by atoms with Gasteiger partial charge in [0.1, 0.15) is 0 Å². The van der Waals surface area contributed by atoms with Crippen molar-refractivity contribution in [2.24, 2.45) is 0 Å². The third-order valence-corrected chi connectivity index (χ3v) is 3.88. The molecule has 2 saturated carbocycles. The van der Waals surface area contributed by atoms with E-state index < -0.39 is 0 Å². The Labute approximate surface area is 96.1 Å². The van der Waals surface area contributed by atoms with Crippen LogP contribution in [-0.4, -0.2) is 11.9 Å². The molecule has 0 aliphatic heterocycles. The topological polar surface area (TPSA) is 29.1 Å². The van der Waals surface area contributed by atoms with Crippen LogP contribution in [0.4, 0.5) is 0 Å². The monoisotopic (exact) mass is 215 g/mol. The summed E-state index contributed by atoms with van der Waals surface area (Å²) < 4.78 is 0. The van der Waals surface area contributed by atoms with Gasteiger partial charge < -0.3 is 5.32 Å². The number of rotatable bonds is 3.